The van der Waals surface area contributed by atoms with E-state index in [9.17, 15) is 4.79 Å². The SMILES string of the molecule is CCCNC(=O)COc1c(C)cc(CC(N)CC)cc1C. The Balaban J connectivity index is 2.69. The lowest BCUT2D eigenvalue weighted by Crippen LogP contribution is -2.29. The Labute approximate surface area is 128 Å². The number of hydrogen-bond acceptors (Lipinski definition) is 3. The van der Waals surface area contributed by atoms with E-state index < -0.39 is 0 Å². The summed E-state index contributed by atoms with van der Waals surface area (Å²) in [4.78, 5) is 11.6. The predicted molar refractivity (Wildman–Crippen MR) is 86.7 cm³/mol. The largest absolute Gasteiger partial charge is 0.483 e. The average Bonchev–Trinajstić information content (AvgIpc) is 2.43. The molecule has 1 aromatic rings. The molecular weight excluding hydrogens is 264 g/mol. The summed E-state index contributed by atoms with van der Waals surface area (Å²) >= 11 is 0. The Morgan fingerprint density at radius 2 is 1.90 bits per heavy atom. The van der Waals surface area contributed by atoms with E-state index in [1.807, 2.05) is 20.8 Å². The third-order valence-electron chi connectivity index (χ3n) is 3.46. The third-order valence-corrected chi connectivity index (χ3v) is 3.46. The van der Waals surface area contributed by atoms with Crippen LogP contribution in [0, 0.1) is 13.8 Å². The molecule has 4 heteroatoms. The van der Waals surface area contributed by atoms with E-state index in [1.54, 1.807) is 0 Å². The molecule has 0 heterocycles. The predicted octanol–water partition coefficient (Wildman–Crippen LogP) is 2.49. The Kier molecular flexibility index (Phi) is 7.23. The second kappa shape index (κ2) is 8.67. The van der Waals surface area contributed by atoms with E-state index in [4.69, 9.17) is 10.5 Å². The number of aryl methyl sites for hydroxylation is 2. The van der Waals surface area contributed by atoms with Crippen molar-refractivity contribution >= 4 is 5.91 Å². The first-order chi connectivity index (χ1) is 9.97. The summed E-state index contributed by atoms with van der Waals surface area (Å²) < 4.78 is 5.67. The fourth-order valence-corrected chi connectivity index (χ4v) is 2.29. The molecule has 0 saturated heterocycles. The van der Waals surface area contributed by atoms with Gasteiger partial charge in [0.1, 0.15) is 5.75 Å². The second-order valence-corrected chi connectivity index (χ2v) is 5.57. The average molecular weight is 292 g/mol. The molecule has 0 radical (unpaired) electrons. The first-order valence-electron chi connectivity index (χ1n) is 7.73. The maximum Gasteiger partial charge on any atom is 0.257 e. The number of amides is 1. The van der Waals surface area contributed by atoms with Gasteiger partial charge in [-0.2, -0.15) is 0 Å². The van der Waals surface area contributed by atoms with Crippen molar-refractivity contribution in [1.29, 1.82) is 0 Å². The third kappa shape index (κ3) is 5.76. The molecule has 1 aromatic carbocycles. The summed E-state index contributed by atoms with van der Waals surface area (Å²) in [6, 6.07) is 4.39. The summed E-state index contributed by atoms with van der Waals surface area (Å²) in [5.74, 6) is 0.725. The van der Waals surface area contributed by atoms with Gasteiger partial charge in [-0.1, -0.05) is 26.0 Å². The molecule has 0 fully saturated rings. The van der Waals surface area contributed by atoms with Crippen molar-refractivity contribution in [3.63, 3.8) is 0 Å². The van der Waals surface area contributed by atoms with E-state index in [-0.39, 0.29) is 18.6 Å². The van der Waals surface area contributed by atoms with E-state index in [1.165, 1.54) is 5.56 Å². The van der Waals surface area contributed by atoms with Crippen molar-refractivity contribution in [1.82, 2.24) is 5.32 Å². The van der Waals surface area contributed by atoms with Gasteiger partial charge in [0, 0.05) is 12.6 Å². The number of nitrogens with two attached hydrogens (primary N) is 1. The number of carbonyl (C=O) groups excluding carboxylic acids is 1. The van der Waals surface area contributed by atoms with Gasteiger partial charge in [0.25, 0.3) is 5.91 Å². The molecule has 1 unspecified atom stereocenters. The van der Waals surface area contributed by atoms with Gasteiger partial charge in [-0.05, 0) is 49.8 Å². The molecule has 0 saturated carbocycles. The van der Waals surface area contributed by atoms with E-state index in [2.05, 4.69) is 24.4 Å². The second-order valence-electron chi connectivity index (χ2n) is 5.57. The van der Waals surface area contributed by atoms with Gasteiger partial charge < -0.3 is 15.8 Å². The van der Waals surface area contributed by atoms with Crippen LogP contribution in [0.1, 0.15) is 43.4 Å². The molecule has 4 nitrogen and oxygen atoms in total. The zero-order valence-electron chi connectivity index (χ0n) is 13.7. The van der Waals surface area contributed by atoms with Gasteiger partial charge in [0.15, 0.2) is 6.61 Å². The van der Waals surface area contributed by atoms with Crippen molar-refractivity contribution in [3.05, 3.63) is 28.8 Å². The number of carbonyl (C=O) groups is 1. The Bertz CT molecular complexity index is 449. The van der Waals surface area contributed by atoms with Gasteiger partial charge in [0.2, 0.25) is 0 Å². The molecule has 0 aliphatic carbocycles. The first kappa shape index (κ1) is 17.5. The zero-order valence-corrected chi connectivity index (χ0v) is 13.7. The molecule has 1 amide bonds. The Hall–Kier alpha value is -1.55. The highest BCUT2D eigenvalue weighted by molar-refractivity contribution is 5.77. The molecule has 118 valence electrons. The van der Waals surface area contributed by atoms with Crippen LogP contribution in [0.5, 0.6) is 5.75 Å². The highest BCUT2D eigenvalue weighted by atomic mass is 16.5. The molecule has 1 atom stereocenters. The van der Waals surface area contributed by atoms with Gasteiger partial charge in [0.05, 0.1) is 0 Å². The van der Waals surface area contributed by atoms with Crippen molar-refractivity contribution in [2.45, 2.75) is 53.0 Å². The van der Waals surface area contributed by atoms with Crippen LogP contribution in [0.25, 0.3) is 0 Å². The van der Waals surface area contributed by atoms with Crippen LogP contribution in [0.15, 0.2) is 12.1 Å². The highest BCUT2D eigenvalue weighted by Crippen LogP contribution is 2.25. The van der Waals surface area contributed by atoms with Crippen LogP contribution < -0.4 is 15.8 Å². The van der Waals surface area contributed by atoms with E-state index in [0.29, 0.717) is 6.54 Å². The van der Waals surface area contributed by atoms with Crippen LogP contribution in [0.4, 0.5) is 0 Å². The molecule has 0 aliphatic heterocycles. The number of benzene rings is 1. The van der Waals surface area contributed by atoms with Gasteiger partial charge in [-0.15, -0.1) is 0 Å². The molecule has 0 aliphatic rings. The van der Waals surface area contributed by atoms with Crippen LogP contribution in [-0.4, -0.2) is 25.1 Å². The summed E-state index contributed by atoms with van der Waals surface area (Å²) in [6.07, 6.45) is 2.76. The van der Waals surface area contributed by atoms with E-state index in [0.717, 1.165) is 36.1 Å². The lowest BCUT2D eigenvalue weighted by Gasteiger charge is -2.15. The molecule has 0 spiro atoms. The number of hydrogen-bond donors (Lipinski definition) is 2. The van der Waals surface area contributed by atoms with Crippen molar-refractivity contribution < 1.29 is 9.53 Å². The Morgan fingerprint density at radius 1 is 1.29 bits per heavy atom. The maximum atomic E-state index is 11.6. The first-order valence-corrected chi connectivity index (χ1v) is 7.73. The summed E-state index contributed by atoms with van der Waals surface area (Å²) in [5.41, 5.74) is 9.33. The summed E-state index contributed by atoms with van der Waals surface area (Å²) in [5, 5.41) is 2.81. The topological polar surface area (TPSA) is 64.3 Å². The Morgan fingerprint density at radius 3 is 2.43 bits per heavy atom. The van der Waals surface area contributed by atoms with Crippen LogP contribution >= 0.6 is 0 Å². The standard InChI is InChI=1S/C17H28N2O2/c1-5-7-19-16(20)11-21-17-12(3)8-14(9-13(17)4)10-15(18)6-2/h8-9,15H,5-7,10-11,18H2,1-4H3,(H,19,20). The highest BCUT2D eigenvalue weighted by Gasteiger charge is 2.10. The van der Waals surface area contributed by atoms with Gasteiger partial charge in [-0.3, -0.25) is 4.79 Å². The molecule has 1 rings (SSSR count). The zero-order chi connectivity index (χ0) is 15.8. The normalized spacial score (nSPS) is 12.0. The van der Waals surface area contributed by atoms with Crippen LogP contribution in [0.2, 0.25) is 0 Å². The van der Waals surface area contributed by atoms with Crippen molar-refractivity contribution in [3.8, 4) is 5.75 Å². The quantitative estimate of drug-likeness (QED) is 0.773. The fourth-order valence-electron chi connectivity index (χ4n) is 2.29. The molecule has 3 N–H and O–H groups in total. The summed E-state index contributed by atoms with van der Waals surface area (Å²) in [7, 11) is 0. The maximum absolute atomic E-state index is 11.6. The van der Waals surface area contributed by atoms with Gasteiger partial charge >= 0.3 is 0 Å². The fraction of sp³-hybridized carbons (Fsp3) is 0.588. The minimum Gasteiger partial charge on any atom is -0.483 e. The number of rotatable bonds is 8. The van der Waals surface area contributed by atoms with Crippen LogP contribution in [0.3, 0.4) is 0 Å². The molecule has 21 heavy (non-hydrogen) atoms. The molecule has 0 aromatic heterocycles. The minimum absolute atomic E-state index is 0.0650. The summed E-state index contributed by atoms with van der Waals surface area (Å²) in [6.45, 7) is 8.88. The van der Waals surface area contributed by atoms with Gasteiger partial charge in [-0.25, -0.2) is 0 Å². The molecular formula is C17H28N2O2. The lowest BCUT2D eigenvalue weighted by molar-refractivity contribution is -0.123. The molecule has 0 bridgehead atoms. The number of nitrogens with one attached hydrogen (secondary N) is 1. The van der Waals surface area contributed by atoms with Crippen molar-refractivity contribution in [2.75, 3.05) is 13.2 Å². The number of ether oxygens (including phenoxy) is 1. The smallest absolute Gasteiger partial charge is 0.257 e. The van der Waals surface area contributed by atoms with Crippen molar-refractivity contribution in [2.24, 2.45) is 5.73 Å². The lowest BCUT2D eigenvalue weighted by atomic mass is 9.99. The van der Waals surface area contributed by atoms with E-state index >= 15 is 0 Å². The monoisotopic (exact) mass is 292 g/mol. The van der Waals surface area contributed by atoms with Crippen LogP contribution in [-0.2, 0) is 11.2 Å². The minimum atomic E-state index is -0.0762.